The number of amides is 1. The summed E-state index contributed by atoms with van der Waals surface area (Å²) in [5, 5.41) is 0. The van der Waals surface area contributed by atoms with Gasteiger partial charge in [-0.15, -0.1) is 0 Å². The number of nitrogens with zero attached hydrogens (tertiary/aromatic N) is 2. The van der Waals surface area contributed by atoms with Crippen LogP contribution in [0.25, 0.3) is 0 Å². The Kier molecular flexibility index (Phi) is 5.92. The first-order valence-electron chi connectivity index (χ1n) is 8.25. The van der Waals surface area contributed by atoms with Crippen LogP contribution in [-0.4, -0.2) is 49.7 Å². The molecule has 0 N–H and O–H groups in total. The lowest BCUT2D eigenvalue weighted by Crippen LogP contribution is -2.51. The molecule has 1 amide bonds. The smallest absolute Gasteiger partial charge is 0.246 e. The third-order valence-electron chi connectivity index (χ3n) is 4.35. The Morgan fingerprint density at radius 1 is 1.04 bits per heavy atom. The van der Waals surface area contributed by atoms with Gasteiger partial charge in [-0.25, -0.2) is 17.2 Å². The van der Waals surface area contributed by atoms with Crippen LogP contribution in [0.4, 0.5) is 8.78 Å². The summed E-state index contributed by atoms with van der Waals surface area (Å²) in [5.41, 5.74) is 0.859. The summed E-state index contributed by atoms with van der Waals surface area (Å²) in [6.45, 7) is 0.552. The Morgan fingerprint density at radius 2 is 1.74 bits per heavy atom. The van der Waals surface area contributed by atoms with Gasteiger partial charge in [0.05, 0.1) is 6.42 Å². The molecule has 0 aliphatic carbocycles. The normalized spacial score (nSPS) is 15.7. The molecule has 0 spiro atoms. The lowest BCUT2D eigenvalue weighted by atomic mass is 10.1. The number of carbonyl (C=O) groups is 1. The van der Waals surface area contributed by atoms with Gasteiger partial charge in [0.1, 0.15) is 16.5 Å². The Hall–Kier alpha value is -1.84. The molecule has 3 rings (SSSR count). The van der Waals surface area contributed by atoms with Crippen LogP contribution in [0.2, 0.25) is 0 Å². The SMILES string of the molecule is O=C(Cc1cccc(Br)c1)N1CCN(S(=O)(=O)c2ccc(F)cc2F)CC1. The molecule has 0 radical (unpaired) electrons. The van der Waals surface area contributed by atoms with Crippen molar-refractivity contribution in [3.63, 3.8) is 0 Å². The Morgan fingerprint density at radius 3 is 2.37 bits per heavy atom. The molecule has 27 heavy (non-hydrogen) atoms. The van der Waals surface area contributed by atoms with Crippen molar-refractivity contribution >= 4 is 31.9 Å². The molecule has 1 saturated heterocycles. The maximum atomic E-state index is 13.9. The van der Waals surface area contributed by atoms with Crippen LogP contribution in [-0.2, 0) is 21.2 Å². The lowest BCUT2D eigenvalue weighted by Gasteiger charge is -2.34. The van der Waals surface area contributed by atoms with Crippen LogP contribution < -0.4 is 0 Å². The first kappa shape index (κ1) is 19.9. The summed E-state index contributed by atoms with van der Waals surface area (Å²) >= 11 is 3.36. The van der Waals surface area contributed by atoms with Crippen molar-refractivity contribution in [3.05, 3.63) is 64.1 Å². The third-order valence-corrected chi connectivity index (χ3v) is 6.77. The van der Waals surface area contributed by atoms with Gasteiger partial charge in [-0.1, -0.05) is 28.1 Å². The van der Waals surface area contributed by atoms with E-state index >= 15 is 0 Å². The number of piperazine rings is 1. The molecule has 144 valence electrons. The monoisotopic (exact) mass is 458 g/mol. The van der Waals surface area contributed by atoms with E-state index in [2.05, 4.69) is 15.9 Å². The van der Waals surface area contributed by atoms with Gasteiger partial charge in [0.15, 0.2) is 0 Å². The Balaban J connectivity index is 1.65. The predicted molar refractivity (Wildman–Crippen MR) is 99.5 cm³/mol. The van der Waals surface area contributed by atoms with E-state index < -0.39 is 26.6 Å². The minimum Gasteiger partial charge on any atom is -0.340 e. The molecular weight excluding hydrogens is 442 g/mol. The fourth-order valence-corrected chi connectivity index (χ4v) is 4.85. The molecule has 9 heteroatoms. The van der Waals surface area contributed by atoms with E-state index in [1.165, 1.54) is 0 Å². The highest BCUT2D eigenvalue weighted by Gasteiger charge is 2.32. The molecule has 2 aromatic rings. The first-order chi connectivity index (χ1) is 12.8. The molecule has 0 aromatic heterocycles. The van der Waals surface area contributed by atoms with Crippen LogP contribution in [0.3, 0.4) is 0 Å². The number of carbonyl (C=O) groups excluding carboxylic acids is 1. The van der Waals surface area contributed by atoms with Gasteiger partial charge in [0, 0.05) is 36.7 Å². The zero-order chi connectivity index (χ0) is 19.6. The maximum Gasteiger partial charge on any atom is 0.246 e. The molecule has 1 aliphatic rings. The quantitative estimate of drug-likeness (QED) is 0.707. The minimum atomic E-state index is -4.08. The minimum absolute atomic E-state index is 0.0589. The summed E-state index contributed by atoms with van der Waals surface area (Å²) in [5.74, 6) is -2.06. The first-order valence-corrected chi connectivity index (χ1v) is 10.5. The standard InChI is InChI=1S/C18H17BrF2N2O3S/c19-14-3-1-2-13(10-14)11-18(24)22-6-8-23(9-7-22)27(25,26)17-5-4-15(20)12-16(17)21/h1-5,10,12H,6-9,11H2. The van der Waals surface area contributed by atoms with Crippen molar-refractivity contribution in [2.75, 3.05) is 26.2 Å². The number of sulfonamides is 1. The van der Waals surface area contributed by atoms with E-state index in [0.717, 1.165) is 26.5 Å². The molecule has 1 heterocycles. The van der Waals surface area contributed by atoms with Crippen molar-refractivity contribution in [1.82, 2.24) is 9.21 Å². The maximum absolute atomic E-state index is 13.9. The fraction of sp³-hybridized carbons (Fsp3) is 0.278. The zero-order valence-corrected chi connectivity index (χ0v) is 16.6. The molecule has 0 unspecified atom stereocenters. The third kappa shape index (κ3) is 4.53. The van der Waals surface area contributed by atoms with Crippen molar-refractivity contribution in [2.45, 2.75) is 11.3 Å². The van der Waals surface area contributed by atoms with Gasteiger partial charge in [0.25, 0.3) is 0 Å². The van der Waals surface area contributed by atoms with E-state index in [0.29, 0.717) is 6.07 Å². The second-order valence-corrected chi connectivity index (χ2v) is 8.99. The van der Waals surface area contributed by atoms with Gasteiger partial charge >= 0.3 is 0 Å². The number of hydrogen-bond acceptors (Lipinski definition) is 3. The van der Waals surface area contributed by atoms with E-state index in [1.807, 2.05) is 24.3 Å². The largest absolute Gasteiger partial charge is 0.340 e. The highest BCUT2D eigenvalue weighted by atomic mass is 79.9. The van der Waals surface area contributed by atoms with Crippen LogP contribution in [0, 0.1) is 11.6 Å². The molecule has 1 aliphatic heterocycles. The Bertz CT molecular complexity index is 961. The van der Waals surface area contributed by atoms with Crippen LogP contribution in [0.5, 0.6) is 0 Å². The zero-order valence-electron chi connectivity index (χ0n) is 14.2. The predicted octanol–water partition coefficient (Wildman–Crippen LogP) is 2.80. The number of halogens is 3. The van der Waals surface area contributed by atoms with E-state index in [-0.39, 0.29) is 38.5 Å². The second-order valence-electron chi connectivity index (χ2n) is 6.17. The lowest BCUT2D eigenvalue weighted by molar-refractivity contribution is -0.131. The summed E-state index contributed by atoms with van der Waals surface area (Å²) < 4.78 is 54.0. The molecule has 1 fully saturated rings. The molecular formula is C18H17BrF2N2O3S. The molecule has 0 bridgehead atoms. The summed E-state index contributed by atoms with van der Waals surface area (Å²) in [4.78, 5) is 13.5. The molecule has 0 saturated carbocycles. The average Bonchev–Trinajstić information content (AvgIpc) is 2.61. The van der Waals surface area contributed by atoms with Crippen LogP contribution >= 0.6 is 15.9 Å². The second kappa shape index (κ2) is 8.04. The van der Waals surface area contributed by atoms with Crippen molar-refractivity contribution in [2.24, 2.45) is 0 Å². The van der Waals surface area contributed by atoms with Gasteiger partial charge in [-0.05, 0) is 29.8 Å². The topological polar surface area (TPSA) is 57.7 Å². The highest BCUT2D eigenvalue weighted by molar-refractivity contribution is 9.10. The summed E-state index contributed by atoms with van der Waals surface area (Å²) in [7, 11) is -4.08. The summed E-state index contributed by atoms with van der Waals surface area (Å²) in [6, 6.07) is 9.79. The van der Waals surface area contributed by atoms with Gasteiger partial charge < -0.3 is 4.90 Å². The van der Waals surface area contributed by atoms with Crippen molar-refractivity contribution in [1.29, 1.82) is 0 Å². The van der Waals surface area contributed by atoms with Gasteiger partial charge in [-0.2, -0.15) is 4.31 Å². The summed E-state index contributed by atoms with van der Waals surface area (Å²) in [6.07, 6.45) is 0.221. The number of benzene rings is 2. The molecule has 5 nitrogen and oxygen atoms in total. The molecule has 2 aromatic carbocycles. The highest BCUT2D eigenvalue weighted by Crippen LogP contribution is 2.22. The van der Waals surface area contributed by atoms with E-state index in [1.54, 1.807) is 4.90 Å². The van der Waals surface area contributed by atoms with Crippen molar-refractivity contribution in [3.8, 4) is 0 Å². The number of hydrogen-bond donors (Lipinski definition) is 0. The number of rotatable bonds is 4. The van der Waals surface area contributed by atoms with Crippen LogP contribution in [0.1, 0.15) is 5.56 Å². The van der Waals surface area contributed by atoms with E-state index in [4.69, 9.17) is 0 Å². The van der Waals surface area contributed by atoms with Gasteiger partial charge in [-0.3, -0.25) is 4.79 Å². The van der Waals surface area contributed by atoms with Crippen molar-refractivity contribution < 1.29 is 22.0 Å². The van der Waals surface area contributed by atoms with E-state index in [9.17, 15) is 22.0 Å². The van der Waals surface area contributed by atoms with Gasteiger partial charge in [0.2, 0.25) is 15.9 Å². The average molecular weight is 459 g/mol. The van der Waals surface area contributed by atoms with Crippen LogP contribution in [0.15, 0.2) is 51.8 Å². The fourth-order valence-electron chi connectivity index (χ4n) is 2.93. The molecule has 0 atom stereocenters. The Labute approximate surface area is 164 Å².